The zero-order valence-corrected chi connectivity index (χ0v) is 10.4. The van der Waals surface area contributed by atoms with Crippen LogP contribution >= 0.6 is 11.8 Å². The van der Waals surface area contributed by atoms with E-state index in [9.17, 15) is 0 Å². The lowest BCUT2D eigenvalue weighted by Gasteiger charge is -2.12. The molecule has 0 saturated carbocycles. The number of thioether (sulfide) groups is 1. The van der Waals surface area contributed by atoms with Crippen LogP contribution in [0.5, 0.6) is 0 Å². The highest BCUT2D eigenvalue weighted by Gasteiger charge is 2.04. The summed E-state index contributed by atoms with van der Waals surface area (Å²) in [6, 6.07) is 0.243. The number of hydrogen-bond donors (Lipinski definition) is 2. The minimum atomic E-state index is 0.243. The van der Waals surface area contributed by atoms with Crippen molar-refractivity contribution in [3.8, 4) is 0 Å². The van der Waals surface area contributed by atoms with Gasteiger partial charge in [-0.05, 0) is 19.1 Å². The number of aliphatic hydroxyl groups excluding tert-OH is 1. The van der Waals surface area contributed by atoms with Crippen molar-refractivity contribution in [3.63, 3.8) is 0 Å². The quantitative estimate of drug-likeness (QED) is 0.671. The van der Waals surface area contributed by atoms with Gasteiger partial charge in [-0.1, -0.05) is 0 Å². The second-order valence-electron chi connectivity index (χ2n) is 3.50. The second-order valence-corrected chi connectivity index (χ2v) is 4.72. The van der Waals surface area contributed by atoms with E-state index >= 15 is 0 Å². The minimum absolute atomic E-state index is 0.243. The Bertz CT molecular complexity index is 271. The molecule has 0 aliphatic heterocycles. The Hall–Kier alpha value is -0.650. The lowest BCUT2D eigenvalue weighted by Crippen LogP contribution is -2.22. The van der Waals surface area contributed by atoms with E-state index in [1.54, 1.807) is 18.6 Å². The van der Waals surface area contributed by atoms with Crippen LogP contribution in [-0.4, -0.2) is 39.7 Å². The summed E-state index contributed by atoms with van der Waals surface area (Å²) in [5, 5.41) is 12.0. The van der Waals surface area contributed by atoms with Gasteiger partial charge in [-0.2, -0.15) is 11.8 Å². The van der Waals surface area contributed by atoms with Gasteiger partial charge < -0.3 is 10.4 Å². The summed E-state index contributed by atoms with van der Waals surface area (Å²) in [6.07, 6.45) is 6.06. The van der Waals surface area contributed by atoms with Gasteiger partial charge in [-0.15, -0.1) is 0 Å². The van der Waals surface area contributed by atoms with Crippen LogP contribution in [0.1, 0.15) is 25.1 Å². The molecule has 0 spiro atoms. The van der Waals surface area contributed by atoms with Gasteiger partial charge in [0.2, 0.25) is 0 Å². The number of hydrogen-bond acceptors (Lipinski definition) is 5. The zero-order chi connectivity index (χ0) is 11.6. The van der Waals surface area contributed by atoms with Crippen molar-refractivity contribution in [2.45, 2.75) is 19.4 Å². The average Bonchev–Trinajstić information content (AvgIpc) is 2.34. The minimum Gasteiger partial charge on any atom is -0.396 e. The molecule has 1 atom stereocenters. The molecule has 0 amide bonds. The summed E-state index contributed by atoms with van der Waals surface area (Å²) in [5.41, 5.74) is 0.975. The molecule has 16 heavy (non-hydrogen) atoms. The standard InChI is InChI=1S/C11H19N3OS/c1-10(11-9-12-3-4-14-11)13-5-8-16-7-2-6-15/h3-4,9-10,13,15H,2,5-8H2,1H3. The predicted molar refractivity (Wildman–Crippen MR) is 67.5 cm³/mol. The van der Waals surface area contributed by atoms with E-state index in [-0.39, 0.29) is 12.6 Å². The molecule has 0 radical (unpaired) electrons. The normalized spacial score (nSPS) is 12.6. The van der Waals surface area contributed by atoms with Gasteiger partial charge in [0, 0.05) is 43.5 Å². The Morgan fingerprint density at radius 3 is 3.00 bits per heavy atom. The van der Waals surface area contributed by atoms with Crippen molar-refractivity contribution in [1.82, 2.24) is 15.3 Å². The topological polar surface area (TPSA) is 58.0 Å². The molecule has 1 unspecified atom stereocenters. The molecule has 0 bridgehead atoms. The SMILES string of the molecule is CC(NCCSCCCO)c1cnccn1. The summed E-state index contributed by atoms with van der Waals surface area (Å²) < 4.78 is 0. The molecule has 0 fully saturated rings. The summed E-state index contributed by atoms with van der Waals surface area (Å²) in [7, 11) is 0. The fraction of sp³-hybridized carbons (Fsp3) is 0.636. The van der Waals surface area contributed by atoms with Crippen LogP contribution in [0.2, 0.25) is 0 Å². The van der Waals surface area contributed by atoms with Crippen molar-refractivity contribution in [2.75, 3.05) is 24.7 Å². The van der Waals surface area contributed by atoms with Gasteiger partial charge in [-0.25, -0.2) is 0 Å². The first-order valence-electron chi connectivity index (χ1n) is 5.52. The van der Waals surface area contributed by atoms with Crippen LogP contribution in [0, 0.1) is 0 Å². The Kier molecular flexibility index (Phi) is 7.12. The predicted octanol–water partition coefficient (Wildman–Crippen LogP) is 1.24. The molecule has 4 nitrogen and oxygen atoms in total. The fourth-order valence-electron chi connectivity index (χ4n) is 1.26. The van der Waals surface area contributed by atoms with E-state index in [0.29, 0.717) is 0 Å². The van der Waals surface area contributed by atoms with Crippen LogP contribution in [0.3, 0.4) is 0 Å². The number of nitrogens with one attached hydrogen (secondary N) is 1. The van der Waals surface area contributed by atoms with Gasteiger partial charge in [0.05, 0.1) is 5.69 Å². The molecular weight excluding hydrogens is 222 g/mol. The first-order chi connectivity index (χ1) is 7.84. The molecule has 0 saturated heterocycles. The highest BCUT2D eigenvalue weighted by Crippen LogP contribution is 2.07. The zero-order valence-electron chi connectivity index (χ0n) is 9.59. The van der Waals surface area contributed by atoms with E-state index in [2.05, 4.69) is 22.2 Å². The van der Waals surface area contributed by atoms with E-state index in [1.807, 2.05) is 11.8 Å². The van der Waals surface area contributed by atoms with Crippen LogP contribution in [-0.2, 0) is 0 Å². The molecule has 0 aliphatic rings. The van der Waals surface area contributed by atoms with Crippen molar-refractivity contribution in [3.05, 3.63) is 24.3 Å². The maximum atomic E-state index is 8.62. The second kappa shape index (κ2) is 8.50. The van der Waals surface area contributed by atoms with Crippen molar-refractivity contribution < 1.29 is 5.11 Å². The van der Waals surface area contributed by atoms with E-state index < -0.39 is 0 Å². The lowest BCUT2D eigenvalue weighted by molar-refractivity contribution is 0.296. The van der Waals surface area contributed by atoms with Crippen molar-refractivity contribution >= 4 is 11.8 Å². The Morgan fingerprint density at radius 1 is 1.44 bits per heavy atom. The number of nitrogens with zero attached hydrogens (tertiary/aromatic N) is 2. The van der Waals surface area contributed by atoms with Crippen LogP contribution < -0.4 is 5.32 Å². The summed E-state index contributed by atoms with van der Waals surface area (Å²) in [6.45, 7) is 3.33. The summed E-state index contributed by atoms with van der Waals surface area (Å²) >= 11 is 1.86. The number of rotatable bonds is 8. The molecule has 0 aromatic carbocycles. The summed E-state index contributed by atoms with van der Waals surface area (Å²) in [4.78, 5) is 8.28. The number of aliphatic hydroxyl groups is 1. The third kappa shape index (κ3) is 5.44. The third-order valence-electron chi connectivity index (χ3n) is 2.17. The lowest BCUT2D eigenvalue weighted by atomic mass is 10.2. The monoisotopic (exact) mass is 241 g/mol. The molecule has 1 heterocycles. The Morgan fingerprint density at radius 2 is 2.31 bits per heavy atom. The first kappa shape index (κ1) is 13.4. The maximum Gasteiger partial charge on any atom is 0.0753 e. The highest BCUT2D eigenvalue weighted by atomic mass is 32.2. The van der Waals surface area contributed by atoms with E-state index in [0.717, 1.165) is 30.2 Å². The van der Waals surface area contributed by atoms with Gasteiger partial charge in [-0.3, -0.25) is 9.97 Å². The van der Waals surface area contributed by atoms with Crippen LogP contribution in [0.4, 0.5) is 0 Å². The highest BCUT2D eigenvalue weighted by molar-refractivity contribution is 7.99. The largest absolute Gasteiger partial charge is 0.396 e. The van der Waals surface area contributed by atoms with Gasteiger partial charge in [0.25, 0.3) is 0 Å². The summed E-state index contributed by atoms with van der Waals surface area (Å²) in [5.74, 6) is 2.09. The van der Waals surface area contributed by atoms with Gasteiger partial charge in [0.1, 0.15) is 0 Å². The Balaban J connectivity index is 2.09. The molecule has 1 rings (SSSR count). The van der Waals surface area contributed by atoms with Gasteiger partial charge >= 0.3 is 0 Å². The third-order valence-corrected chi connectivity index (χ3v) is 3.24. The maximum absolute atomic E-state index is 8.62. The average molecular weight is 241 g/mol. The first-order valence-corrected chi connectivity index (χ1v) is 6.68. The molecule has 5 heteroatoms. The van der Waals surface area contributed by atoms with E-state index in [4.69, 9.17) is 5.11 Å². The fourth-order valence-corrected chi connectivity index (χ4v) is 2.05. The molecule has 2 N–H and O–H groups in total. The smallest absolute Gasteiger partial charge is 0.0753 e. The number of aromatic nitrogens is 2. The molecule has 0 aliphatic carbocycles. The van der Waals surface area contributed by atoms with Crippen LogP contribution in [0.15, 0.2) is 18.6 Å². The van der Waals surface area contributed by atoms with Crippen molar-refractivity contribution in [2.24, 2.45) is 0 Å². The molecule has 1 aromatic heterocycles. The molecule has 1 aromatic rings. The van der Waals surface area contributed by atoms with Crippen molar-refractivity contribution in [1.29, 1.82) is 0 Å². The van der Waals surface area contributed by atoms with Crippen LogP contribution in [0.25, 0.3) is 0 Å². The van der Waals surface area contributed by atoms with Gasteiger partial charge in [0.15, 0.2) is 0 Å². The molecule has 90 valence electrons. The molecular formula is C11H19N3OS. The van der Waals surface area contributed by atoms with E-state index in [1.165, 1.54) is 0 Å². The Labute approximate surface area is 101 Å².